The number of carbonyl (C=O) groups excluding carboxylic acids is 1. The number of hydrogen-bond acceptors (Lipinski definition) is 5. The Balaban J connectivity index is 1.69. The van der Waals surface area contributed by atoms with Crippen molar-refractivity contribution < 1.29 is 19.2 Å². The highest BCUT2D eigenvalue weighted by atomic mass is 35.5. The molecule has 0 fully saturated rings. The quantitative estimate of drug-likeness (QED) is 0.518. The van der Waals surface area contributed by atoms with Gasteiger partial charge in [0.2, 0.25) is 12.7 Å². The maximum absolute atomic E-state index is 11.9. The molecular formula is C16H11ClN2O5. The number of hydrogen-bond donors (Lipinski definition) is 1. The van der Waals surface area contributed by atoms with Crippen LogP contribution < -0.4 is 14.8 Å². The molecule has 122 valence electrons. The van der Waals surface area contributed by atoms with Gasteiger partial charge in [-0.1, -0.05) is 17.7 Å². The van der Waals surface area contributed by atoms with Crippen LogP contribution in [0, 0.1) is 10.1 Å². The third-order valence-electron chi connectivity index (χ3n) is 3.23. The summed E-state index contributed by atoms with van der Waals surface area (Å²) in [6, 6.07) is 9.33. The van der Waals surface area contributed by atoms with Crippen LogP contribution in [0.25, 0.3) is 6.08 Å². The predicted molar refractivity (Wildman–Crippen MR) is 88.3 cm³/mol. The molecule has 0 spiro atoms. The molecule has 0 saturated heterocycles. The summed E-state index contributed by atoms with van der Waals surface area (Å²) in [6.45, 7) is 0.179. The van der Waals surface area contributed by atoms with Crippen molar-refractivity contribution in [3.63, 3.8) is 0 Å². The van der Waals surface area contributed by atoms with Crippen molar-refractivity contribution in [1.29, 1.82) is 0 Å². The maximum atomic E-state index is 11.9. The summed E-state index contributed by atoms with van der Waals surface area (Å²) >= 11 is 5.72. The second-order valence-electron chi connectivity index (χ2n) is 4.86. The average molecular weight is 347 g/mol. The first-order valence-electron chi connectivity index (χ1n) is 6.85. The molecule has 1 N–H and O–H groups in total. The van der Waals surface area contributed by atoms with E-state index in [1.165, 1.54) is 24.3 Å². The molecule has 3 rings (SSSR count). The van der Waals surface area contributed by atoms with Gasteiger partial charge < -0.3 is 14.8 Å². The first kappa shape index (κ1) is 15.8. The number of carbonyl (C=O) groups is 1. The fourth-order valence-corrected chi connectivity index (χ4v) is 2.29. The number of anilines is 1. The summed E-state index contributed by atoms with van der Waals surface area (Å²) in [7, 11) is 0. The molecule has 0 atom stereocenters. The number of amides is 1. The molecule has 1 aliphatic heterocycles. The zero-order chi connectivity index (χ0) is 17.1. The highest BCUT2D eigenvalue weighted by Gasteiger charge is 2.14. The SMILES string of the molecule is O=C(/C=C/c1ccc2c(c1)OCO2)Nc1ccc(Cl)c([N+](=O)[O-])c1. The molecule has 0 aliphatic carbocycles. The van der Waals surface area contributed by atoms with Crippen LogP contribution in [-0.4, -0.2) is 17.6 Å². The van der Waals surface area contributed by atoms with Crippen molar-refractivity contribution in [2.45, 2.75) is 0 Å². The molecule has 7 nitrogen and oxygen atoms in total. The Morgan fingerprint density at radius 3 is 2.79 bits per heavy atom. The van der Waals surface area contributed by atoms with Gasteiger partial charge in [-0.05, 0) is 35.9 Å². The summed E-state index contributed by atoms with van der Waals surface area (Å²) in [6.07, 6.45) is 2.92. The first-order valence-corrected chi connectivity index (χ1v) is 7.23. The number of nitro groups is 1. The Bertz CT molecular complexity index is 850. The van der Waals surface area contributed by atoms with E-state index >= 15 is 0 Å². The lowest BCUT2D eigenvalue weighted by molar-refractivity contribution is -0.384. The fraction of sp³-hybridized carbons (Fsp3) is 0.0625. The van der Waals surface area contributed by atoms with Gasteiger partial charge in [0.05, 0.1) is 4.92 Å². The van der Waals surface area contributed by atoms with Crippen LogP contribution >= 0.6 is 11.6 Å². The van der Waals surface area contributed by atoms with Gasteiger partial charge >= 0.3 is 0 Å². The Morgan fingerprint density at radius 1 is 1.21 bits per heavy atom. The molecule has 2 aromatic carbocycles. The number of ether oxygens (including phenoxy) is 2. The normalized spacial score (nSPS) is 12.4. The number of halogens is 1. The van der Waals surface area contributed by atoms with Gasteiger partial charge in [-0.3, -0.25) is 14.9 Å². The zero-order valence-electron chi connectivity index (χ0n) is 12.2. The van der Waals surface area contributed by atoms with Crippen molar-refractivity contribution in [3.05, 3.63) is 63.2 Å². The molecular weight excluding hydrogens is 336 g/mol. The van der Waals surface area contributed by atoms with Gasteiger partial charge in [0.15, 0.2) is 11.5 Å². The Labute approximate surface area is 141 Å². The van der Waals surface area contributed by atoms with Crippen LogP contribution in [0.15, 0.2) is 42.5 Å². The summed E-state index contributed by atoms with van der Waals surface area (Å²) in [4.78, 5) is 22.2. The third kappa shape index (κ3) is 3.47. The molecule has 0 unspecified atom stereocenters. The van der Waals surface area contributed by atoms with E-state index < -0.39 is 10.8 Å². The minimum Gasteiger partial charge on any atom is -0.454 e. The third-order valence-corrected chi connectivity index (χ3v) is 3.55. The van der Waals surface area contributed by atoms with Crippen molar-refractivity contribution in [3.8, 4) is 11.5 Å². The number of nitro benzene ring substituents is 1. The van der Waals surface area contributed by atoms with Crippen molar-refractivity contribution in [1.82, 2.24) is 0 Å². The molecule has 0 saturated carbocycles. The van der Waals surface area contributed by atoms with Crippen LogP contribution in [-0.2, 0) is 4.79 Å². The van der Waals surface area contributed by atoms with Crippen LogP contribution in [0.4, 0.5) is 11.4 Å². The minimum absolute atomic E-state index is 0.00824. The molecule has 1 amide bonds. The van der Waals surface area contributed by atoms with Crippen molar-refractivity contribution in [2.75, 3.05) is 12.1 Å². The second kappa shape index (κ2) is 6.59. The van der Waals surface area contributed by atoms with Gasteiger partial charge in [0.25, 0.3) is 5.69 Å². The summed E-state index contributed by atoms with van der Waals surface area (Å²) in [5.41, 5.74) is 0.775. The van der Waals surface area contributed by atoms with E-state index in [-0.39, 0.29) is 23.2 Å². The van der Waals surface area contributed by atoms with E-state index in [1.54, 1.807) is 24.3 Å². The fourth-order valence-electron chi connectivity index (χ4n) is 2.10. The molecule has 0 radical (unpaired) electrons. The molecule has 8 heteroatoms. The maximum Gasteiger partial charge on any atom is 0.289 e. The highest BCUT2D eigenvalue weighted by Crippen LogP contribution is 2.32. The number of benzene rings is 2. The van der Waals surface area contributed by atoms with E-state index in [9.17, 15) is 14.9 Å². The largest absolute Gasteiger partial charge is 0.454 e. The number of nitrogens with zero attached hydrogens (tertiary/aromatic N) is 1. The topological polar surface area (TPSA) is 90.7 Å². The minimum atomic E-state index is -0.611. The smallest absolute Gasteiger partial charge is 0.289 e. The lowest BCUT2D eigenvalue weighted by Gasteiger charge is -2.03. The molecule has 1 heterocycles. The Kier molecular flexibility index (Phi) is 4.35. The van der Waals surface area contributed by atoms with E-state index in [1.807, 2.05) is 0 Å². The van der Waals surface area contributed by atoms with E-state index in [0.29, 0.717) is 11.5 Å². The lowest BCUT2D eigenvalue weighted by Crippen LogP contribution is -2.08. The monoisotopic (exact) mass is 346 g/mol. The first-order chi connectivity index (χ1) is 11.5. The highest BCUT2D eigenvalue weighted by molar-refractivity contribution is 6.32. The van der Waals surface area contributed by atoms with Crippen LogP contribution in [0.3, 0.4) is 0 Å². The molecule has 0 aromatic heterocycles. The van der Waals surface area contributed by atoms with Gasteiger partial charge in [-0.2, -0.15) is 0 Å². The van der Waals surface area contributed by atoms with Crippen LogP contribution in [0.2, 0.25) is 5.02 Å². The molecule has 24 heavy (non-hydrogen) atoms. The van der Waals surface area contributed by atoms with E-state index in [4.69, 9.17) is 21.1 Å². The van der Waals surface area contributed by atoms with E-state index in [0.717, 1.165) is 5.56 Å². The Morgan fingerprint density at radius 2 is 2.00 bits per heavy atom. The van der Waals surface area contributed by atoms with Gasteiger partial charge in [-0.25, -0.2) is 0 Å². The lowest BCUT2D eigenvalue weighted by atomic mass is 10.2. The summed E-state index contributed by atoms with van der Waals surface area (Å²) in [5, 5.41) is 13.4. The molecule has 2 aromatic rings. The summed E-state index contributed by atoms with van der Waals surface area (Å²) < 4.78 is 10.5. The Hall–Kier alpha value is -3.06. The standard InChI is InChI=1S/C16H11ClN2O5/c17-12-4-3-11(8-13(12)19(21)22)18-16(20)6-2-10-1-5-14-15(7-10)24-9-23-14/h1-8H,9H2,(H,18,20)/b6-2+. The van der Waals surface area contributed by atoms with Gasteiger partial charge in [-0.15, -0.1) is 0 Å². The number of fused-ring (bicyclic) bond motifs is 1. The zero-order valence-corrected chi connectivity index (χ0v) is 12.9. The number of rotatable bonds is 4. The number of nitrogens with one attached hydrogen (secondary N) is 1. The van der Waals surface area contributed by atoms with Crippen LogP contribution in [0.1, 0.15) is 5.56 Å². The van der Waals surface area contributed by atoms with E-state index in [2.05, 4.69) is 5.32 Å². The van der Waals surface area contributed by atoms with Crippen molar-refractivity contribution >= 4 is 35.0 Å². The van der Waals surface area contributed by atoms with Gasteiger partial charge in [0, 0.05) is 17.8 Å². The summed E-state index contributed by atoms with van der Waals surface area (Å²) in [5.74, 6) is 0.847. The van der Waals surface area contributed by atoms with Crippen LogP contribution in [0.5, 0.6) is 11.5 Å². The average Bonchev–Trinajstić information content (AvgIpc) is 3.02. The van der Waals surface area contributed by atoms with Crippen molar-refractivity contribution in [2.24, 2.45) is 0 Å². The predicted octanol–water partition coefficient (Wildman–Crippen LogP) is 3.63. The molecule has 0 bridgehead atoms. The second-order valence-corrected chi connectivity index (χ2v) is 5.27. The molecule has 1 aliphatic rings. The van der Waals surface area contributed by atoms with Gasteiger partial charge in [0.1, 0.15) is 5.02 Å².